The van der Waals surface area contributed by atoms with E-state index in [0.717, 1.165) is 52.0 Å². The van der Waals surface area contributed by atoms with Crippen molar-refractivity contribution in [1.82, 2.24) is 19.9 Å². The Morgan fingerprint density at radius 3 is 2.88 bits per heavy atom. The molecule has 2 aromatic carbocycles. The van der Waals surface area contributed by atoms with Gasteiger partial charge in [-0.25, -0.2) is 9.50 Å². The molecule has 1 fully saturated rings. The van der Waals surface area contributed by atoms with Crippen molar-refractivity contribution >= 4 is 27.3 Å². The van der Waals surface area contributed by atoms with E-state index in [9.17, 15) is 4.79 Å². The summed E-state index contributed by atoms with van der Waals surface area (Å²) >= 11 is 1.57. The number of nitrogens with one attached hydrogen (secondary N) is 1. The summed E-state index contributed by atoms with van der Waals surface area (Å²) in [6.07, 6.45) is 3.83. The topological polar surface area (TPSA) is 71.8 Å². The fraction of sp³-hybridized carbons (Fsp3) is 0.320. The lowest BCUT2D eigenvalue weighted by Gasteiger charge is -2.31. The molecule has 0 bridgehead atoms. The highest BCUT2D eigenvalue weighted by Gasteiger charge is 2.28. The zero-order valence-corrected chi connectivity index (χ0v) is 19.6. The van der Waals surface area contributed by atoms with Crippen LogP contribution in [0.1, 0.15) is 24.0 Å². The number of hydrogen-bond acceptors (Lipinski definition) is 6. The van der Waals surface area contributed by atoms with Crippen LogP contribution in [-0.4, -0.2) is 40.7 Å². The van der Waals surface area contributed by atoms with Crippen molar-refractivity contribution in [3.05, 3.63) is 65.9 Å². The standard InChI is InChI=1S/C25H27N5O2S/c1-17-8-10-19(11-9-17)22-16-30-24(27-22)33-25(28-30)29-12-4-6-20(15-29)23(31)26-14-18-5-3-7-21(13-18)32-2/h3,5,7-11,13,16,20H,4,6,12,14-15H2,1-2H3,(H,26,31)/t20-/m0/s1. The lowest BCUT2D eigenvalue weighted by molar-refractivity contribution is -0.125. The quantitative estimate of drug-likeness (QED) is 0.463. The molecule has 170 valence electrons. The third-order valence-corrected chi connectivity index (χ3v) is 7.03. The van der Waals surface area contributed by atoms with Crippen molar-refractivity contribution in [2.24, 2.45) is 5.92 Å². The number of rotatable bonds is 6. The molecule has 0 unspecified atom stereocenters. The Morgan fingerprint density at radius 1 is 1.24 bits per heavy atom. The van der Waals surface area contributed by atoms with E-state index < -0.39 is 0 Å². The summed E-state index contributed by atoms with van der Waals surface area (Å²) in [5.74, 6) is 0.833. The number of carbonyl (C=O) groups is 1. The van der Waals surface area contributed by atoms with Crippen LogP contribution >= 0.6 is 11.3 Å². The molecule has 3 heterocycles. The molecule has 2 aromatic heterocycles. The summed E-state index contributed by atoms with van der Waals surface area (Å²) in [6.45, 7) is 4.15. The van der Waals surface area contributed by atoms with Gasteiger partial charge in [0, 0.05) is 25.2 Å². The first-order valence-corrected chi connectivity index (χ1v) is 12.0. The normalized spacial score (nSPS) is 16.2. The number of imidazole rings is 1. The maximum atomic E-state index is 12.8. The predicted octanol–water partition coefficient (Wildman–Crippen LogP) is 4.31. The van der Waals surface area contributed by atoms with Crippen LogP contribution in [0.25, 0.3) is 16.2 Å². The molecule has 0 aliphatic carbocycles. The lowest BCUT2D eigenvalue weighted by Crippen LogP contribution is -2.43. The van der Waals surface area contributed by atoms with Crippen LogP contribution in [0.15, 0.2) is 54.7 Å². The number of amides is 1. The molecule has 1 atom stereocenters. The Kier molecular flexibility index (Phi) is 6.00. The van der Waals surface area contributed by atoms with Crippen molar-refractivity contribution in [2.45, 2.75) is 26.3 Å². The number of nitrogens with zero attached hydrogens (tertiary/aromatic N) is 4. The molecule has 5 rings (SSSR count). The molecular weight excluding hydrogens is 434 g/mol. The van der Waals surface area contributed by atoms with E-state index in [0.29, 0.717) is 13.1 Å². The molecule has 1 aliphatic heterocycles. The van der Waals surface area contributed by atoms with E-state index in [1.54, 1.807) is 18.4 Å². The minimum Gasteiger partial charge on any atom is -0.497 e. The predicted molar refractivity (Wildman–Crippen MR) is 131 cm³/mol. The molecule has 1 saturated heterocycles. The van der Waals surface area contributed by atoms with Crippen molar-refractivity contribution in [3.8, 4) is 17.0 Å². The van der Waals surface area contributed by atoms with Crippen LogP contribution in [0, 0.1) is 12.8 Å². The van der Waals surface area contributed by atoms with Gasteiger partial charge in [-0.3, -0.25) is 4.79 Å². The van der Waals surface area contributed by atoms with Gasteiger partial charge in [0.05, 0.1) is 24.9 Å². The highest BCUT2D eigenvalue weighted by Crippen LogP contribution is 2.30. The zero-order chi connectivity index (χ0) is 22.8. The second-order valence-corrected chi connectivity index (χ2v) is 9.39. The molecule has 33 heavy (non-hydrogen) atoms. The van der Waals surface area contributed by atoms with Gasteiger partial charge in [0.15, 0.2) is 0 Å². The summed E-state index contributed by atoms with van der Waals surface area (Å²) in [5, 5.41) is 8.76. The summed E-state index contributed by atoms with van der Waals surface area (Å²) in [4.78, 5) is 20.7. The van der Waals surface area contributed by atoms with Crippen LogP contribution in [0.5, 0.6) is 5.75 Å². The average Bonchev–Trinajstić information content (AvgIpc) is 3.43. The maximum absolute atomic E-state index is 12.8. The Bertz CT molecular complexity index is 1230. The Morgan fingerprint density at radius 2 is 2.09 bits per heavy atom. The van der Waals surface area contributed by atoms with Gasteiger partial charge in [-0.2, -0.15) is 0 Å². The second-order valence-electron chi connectivity index (χ2n) is 8.46. The van der Waals surface area contributed by atoms with E-state index in [-0.39, 0.29) is 11.8 Å². The summed E-state index contributed by atoms with van der Waals surface area (Å²) < 4.78 is 7.11. The van der Waals surface area contributed by atoms with E-state index >= 15 is 0 Å². The maximum Gasteiger partial charge on any atom is 0.225 e. The van der Waals surface area contributed by atoms with Crippen LogP contribution in [-0.2, 0) is 11.3 Å². The number of fused-ring (bicyclic) bond motifs is 1. The first-order chi connectivity index (χ1) is 16.1. The van der Waals surface area contributed by atoms with Crippen molar-refractivity contribution in [3.63, 3.8) is 0 Å². The number of ether oxygens (including phenoxy) is 1. The molecule has 0 spiro atoms. The molecule has 1 aliphatic rings. The van der Waals surface area contributed by atoms with Crippen LogP contribution in [0.4, 0.5) is 5.13 Å². The molecule has 8 heteroatoms. The van der Waals surface area contributed by atoms with Gasteiger partial charge in [-0.05, 0) is 37.5 Å². The van der Waals surface area contributed by atoms with Gasteiger partial charge >= 0.3 is 0 Å². The third kappa shape index (κ3) is 4.71. The number of methoxy groups -OCH3 is 1. The molecule has 0 saturated carbocycles. The third-order valence-electron chi connectivity index (χ3n) is 6.04. The Hall–Kier alpha value is -3.39. The lowest BCUT2D eigenvalue weighted by atomic mass is 9.97. The van der Waals surface area contributed by atoms with Crippen molar-refractivity contribution < 1.29 is 9.53 Å². The second kappa shape index (κ2) is 9.23. The molecule has 7 nitrogen and oxygen atoms in total. The highest BCUT2D eigenvalue weighted by molar-refractivity contribution is 7.20. The van der Waals surface area contributed by atoms with Crippen LogP contribution in [0.2, 0.25) is 0 Å². The monoisotopic (exact) mass is 461 g/mol. The first-order valence-electron chi connectivity index (χ1n) is 11.2. The van der Waals surface area contributed by atoms with Crippen LogP contribution < -0.4 is 15.0 Å². The van der Waals surface area contributed by atoms with Gasteiger partial charge < -0.3 is 15.0 Å². The molecule has 4 aromatic rings. The van der Waals surface area contributed by atoms with Gasteiger partial charge in [0.2, 0.25) is 16.0 Å². The number of anilines is 1. The number of aromatic nitrogens is 3. The summed E-state index contributed by atoms with van der Waals surface area (Å²) in [6, 6.07) is 16.1. The van der Waals surface area contributed by atoms with Gasteiger partial charge in [-0.15, -0.1) is 5.10 Å². The molecular formula is C25H27N5O2S. The highest BCUT2D eigenvalue weighted by atomic mass is 32.1. The SMILES string of the molecule is COc1cccc(CNC(=O)[C@H]2CCCN(c3nn4cc(-c5ccc(C)cc5)nc4s3)C2)c1. The van der Waals surface area contributed by atoms with E-state index in [1.165, 1.54) is 5.56 Å². The van der Waals surface area contributed by atoms with Gasteiger partial charge in [0.25, 0.3) is 0 Å². The van der Waals surface area contributed by atoms with Gasteiger partial charge in [-0.1, -0.05) is 53.3 Å². The summed E-state index contributed by atoms with van der Waals surface area (Å²) in [7, 11) is 1.65. The first kappa shape index (κ1) is 21.5. The molecule has 1 amide bonds. The fourth-order valence-electron chi connectivity index (χ4n) is 4.16. The minimum atomic E-state index is -0.0521. The van der Waals surface area contributed by atoms with E-state index in [2.05, 4.69) is 41.4 Å². The number of carbonyl (C=O) groups excluding carboxylic acids is 1. The smallest absolute Gasteiger partial charge is 0.225 e. The van der Waals surface area contributed by atoms with E-state index in [1.807, 2.05) is 35.0 Å². The Labute approximate surface area is 197 Å². The zero-order valence-electron chi connectivity index (χ0n) is 18.8. The number of piperidine rings is 1. The average molecular weight is 462 g/mol. The summed E-state index contributed by atoms with van der Waals surface area (Å²) in [5.41, 5.74) is 4.27. The number of aryl methyl sites for hydroxylation is 1. The number of benzene rings is 2. The van der Waals surface area contributed by atoms with Gasteiger partial charge in [0.1, 0.15) is 5.75 Å². The fourth-order valence-corrected chi connectivity index (χ4v) is 5.08. The minimum absolute atomic E-state index is 0.0521. The van der Waals surface area contributed by atoms with E-state index in [4.69, 9.17) is 14.8 Å². The molecule has 0 radical (unpaired) electrons. The number of hydrogen-bond donors (Lipinski definition) is 1. The largest absolute Gasteiger partial charge is 0.497 e. The molecule has 1 N–H and O–H groups in total. The van der Waals surface area contributed by atoms with Crippen LogP contribution in [0.3, 0.4) is 0 Å². The van der Waals surface area contributed by atoms with Crippen molar-refractivity contribution in [2.75, 3.05) is 25.1 Å². The Balaban J connectivity index is 1.23. The van der Waals surface area contributed by atoms with Crippen molar-refractivity contribution in [1.29, 1.82) is 0 Å².